The summed E-state index contributed by atoms with van der Waals surface area (Å²) in [6.45, 7) is 3.15. The molecule has 2 aromatic carbocycles. The zero-order valence-corrected chi connectivity index (χ0v) is 16.2. The first kappa shape index (κ1) is 17.7. The first-order chi connectivity index (χ1) is 14.1. The van der Waals surface area contributed by atoms with Crippen molar-refractivity contribution in [1.29, 1.82) is 0 Å². The van der Waals surface area contributed by atoms with Gasteiger partial charge in [0.2, 0.25) is 0 Å². The van der Waals surface area contributed by atoms with Crippen LogP contribution in [0.4, 0.5) is 5.82 Å². The molecule has 146 valence electrons. The Morgan fingerprint density at radius 1 is 1.10 bits per heavy atom. The Morgan fingerprint density at radius 2 is 2.00 bits per heavy atom. The van der Waals surface area contributed by atoms with Crippen LogP contribution in [0, 0.1) is 0 Å². The number of rotatable bonds is 3. The van der Waals surface area contributed by atoms with E-state index in [1.165, 1.54) is 6.42 Å². The summed E-state index contributed by atoms with van der Waals surface area (Å²) in [7, 11) is 0. The number of hydrogen-bond acceptors (Lipinski definition) is 4. The summed E-state index contributed by atoms with van der Waals surface area (Å²) < 4.78 is 0. The van der Waals surface area contributed by atoms with Gasteiger partial charge in [-0.3, -0.25) is 0 Å². The van der Waals surface area contributed by atoms with Crippen LogP contribution in [0.15, 0.2) is 48.7 Å². The fourth-order valence-electron chi connectivity index (χ4n) is 4.19. The first-order valence-electron chi connectivity index (χ1n) is 9.99. The maximum atomic E-state index is 11.4. The molecule has 29 heavy (non-hydrogen) atoms. The lowest BCUT2D eigenvalue weighted by molar-refractivity contribution is 0.0697. The lowest BCUT2D eigenvalue weighted by Crippen LogP contribution is -2.38. The molecule has 0 aliphatic carbocycles. The van der Waals surface area contributed by atoms with E-state index in [0.717, 1.165) is 47.4 Å². The summed E-state index contributed by atoms with van der Waals surface area (Å²) in [5.41, 5.74) is 4.49. The molecule has 1 saturated heterocycles. The van der Waals surface area contributed by atoms with Gasteiger partial charge in [0.1, 0.15) is 5.69 Å². The third-order valence-corrected chi connectivity index (χ3v) is 5.79. The van der Waals surface area contributed by atoms with Gasteiger partial charge in [-0.2, -0.15) is 0 Å². The van der Waals surface area contributed by atoms with Crippen LogP contribution in [0.25, 0.3) is 33.2 Å². The smallest absolute Gasteiger partial charge is 0.335 e. The number of aromatic carboxylic acids is 1. The molecule has 6 nitrogen and oxygen atoms in total. The molecule has 0 saturated carbocycles. The second kappa shape index (κ2) is 6.88. The minimum atomic E-state index is -0.955. The van der Waals surface area contributed by atoms with E-state index in [9.17, 15) is 9.90 Å². The van der Waals surface area contributed by atoms with Crippen LogP contribution in [-0.2, 0) is 0 Å². The third-order valence-electron chi connectivity index (χ3n) is 5.79. The van der Waals surface area contributed by atoms with Gasteiger partial charge in [-0.05, 0) is 62.6 Å². The SMILES string of the molecule is CC1CCCCN1c1nc2cc(C(=O)O)ccc2nc1-c1ccc2[nH]ccc2c1. The molecule has 3 heterocycles. The van der Waals surface area contributed by atoms with E-state index in [0.29, 0.717) is 17.1 Å². The quantitative estimate of drug-likeness (QED) is 0.526. The first-order valence-corrected chi connectivity index (χ1v) is 9.99. The number of aromatic nitrogens is 3. The summed E-state index contributed by atoms with van der Waals surface area (Å²) >= 11 is 0. The molecule has 0 bridgehead atoms. The van der Waals surface area contributed by atoms with Gasteiger partial charge < -0.3 is 15.0 Å². The number of carboxylic acid groups (broad SMARTS) is 1. The van der Waals surface area contributed by atoms with Gasteiger partial charge in [-0.1, -0.05) is 6.07 Å². The molecular weight excluding hydrogens is 364 g/mol. The number of carboxylic acids is 1. The Kier molecular flexibility index (Phi) is 4.19. The molecule has 4 aromatic rings. The highest BCUT2D eigenvalue weighted by atomic mass is 16.4. The molecule has 2 aromatic heterocycles. The second-order valence-corrected chi connectivity index (χ2v) is 7.72. The molecular formula is C23H22N4O2. The molecule has 1 unspecified atom stereocenters. The molecule has 0 spiro atoms. The van der Waals surface area contributed by atoms with Crippen LogP contribution in [0.3, 0.4) is 0 Å². The van der Waals surface area contributed by atoms with Crippen LogP contribution >= 0.6 is 0 Å². The number of H-pyrrole nitrogens is 1. The van der Waals surface area contributed by atoms with Gasteiger partial charge in [-0.25, -0.2) is 14.8 Å². The largest absolute Gasteiger partial charge is 0.478 e. The fourth-order valence-corrected chi connectivity index (χ4v) is 4.19. The van der Waals surface area contributed by atoms with Crippen LogP contribution in [0.5, 0.6) is 0 Å². The summed E-state index contributed by atoms with van der Waals surface area (Å²) in [5.74, 6) is -0.120. The molecule has 1 aliphatic rings. The van der Waals surface area contributed by atoms with Gasteiger partial charge >= 0.3 is 5.97 Å². The van der Waals surface area contributed by atoms with Crippen molar-refractivity contribution < 1.29 is 9.90 Å². The molecule has 1 fully saturated rings. The van der Waals surface area contributed by atoms with Crippen LogP contribution < -0.4 is 4.90 Å². The lowest BCUT2D eigenvalue weighted by Gasteiger charge is -2.35. The maximum absolute atomic E-state index is 11.4. The number of piperidine rings is 1. The minimum Gasteiger partial charge on any atom is -0.478 e. The topological polar surface area (TPSA) is 82.1 Å². The van der Waals surface area contributed by atoms with Crippen molar-refractivity contribution >= 4 is 33.7 Å². The van der Waals surface area contributed by atoms with Gasteiger partial charge in [-0.15, -0.1) is 0 Å². The Morgan fingerprint density at radius 3 is 2.83 bits per heavy atom. The molecule has 6 heteroatoms. The van der Waals surface area contributed by atoms with Gasteiger partial charge in [0.15, 0.2) is 5.82 Å². The third kappa shape index (κ3) is 3.10. The Hall–Kier alpha value is -3.41. The zero-order valence-electron chi connectivity index (χ0n) is 16.2. The van der Waals surface area contributed by atoms with Crippen molar-refractivity contribution in [3.63, 3.8) is 0 Å². The average Bonchev–Trinajstić information content (AvgIpc) is 3.20. The highest BCUT2D eigenvalue weighted by Gasteiger charge is 2.24. The van der Waals surface area contributed by atoms with Crippen LogP contribution in [0.1, 0.15) is 36.5 Å². The fraction of sp³-hybridized carbons (Fsp3) is 0.261. The zero-order chi connectivity index (χ0) is 20.0. The van der Waals surface area contributed by atoms with Crippen molar-refractivity contribution in [2.45, 2.75) is 32.2 Å². The summed E-state index contributed by atoms with van der Waals surface area (Å²) in [5, 5.41) is 10.5. The Bertz CT molecular complexity index is 1230. The monoisotopic (exact) mass is 386 g/mol. The number of benzene rings is 2. The molecule has 1 aliphatic heterocycles. The summed E-state index contributed by atoms with van der Waals surface area (Å²) in [4.78, 5) is 26.8. The van der Waals surface area contributed by atoms with Crippen molar-refractivity contribution in [3.8, 4) is 11.3 Å². The minimum absolute atomic E-state index is 0.228. The molecule has 5 rings (SSSR count). The summed E-state index contributed by atoms with van der Waals surface area (Å²) in [6, 6.07) is 13.6. The highest BCUT2D eigenvalue weighted by Crippen LogP contribution is 2.34. The van der Waals surface area contributed by atoms with E-state index < -0.39 is 5.97 Å². The van der Waals surface area contributed by atoms with E-state index in [1.807, 2.05) is 6.20 Å². The normalized spacial score (nSPS) is 17.1. The number of aromatic amines is 1. The van der Waals surface area contributed by atoms with Crippen molar-refractivity contribution in [3.05, 3.63) is 54.2 Å². The predicted molar refractivity (Wildman–Crippen MR) is 114 cm³/mol. The second-order valence-electron chi connectivity index (χ2n) is 7.72. The van der Waals surface area contributed by atoms with Gasteiger partial charge in [0, 0.05) is 35.2 Å². The van der Waals surface area contributed by atoms with E-state index in [1.54, 1.807) is 18.2 Å². The van der Waals surface area contributed by atoms with Crippen molar-refractivity contribution in [2.24, 2.45) is 0 Å². The number of nitrogens with one attached hydrogen (secondary N) is 1. The molecule has 2 N–H and O–H groups in total. The standard InChI is InChI=1S/C23H22N4O2/c1-14-4-2-3-11-27(14)22-21(16-5-7-18-15(12-16)9-10-24-18)25-19-8-6-17(23(28)29)13-20(19)26-22/h5-10,12-14,24H,2-4,11H2,1H3,(H,28,29). The van der Waals surface area contributed by atoms with Crippen molar-refractivity contribution in [2.75, 3.05) is 11.4 Å². The average molecular weight is 386 g/mol. The predicted octanol–water partition coefficient (Wildman–Crippen LogP) is 4.86. The molecule has 1 atom stereocenters. The van der Waals surface area contributed by atoms with Crippen molar-refractivity contribution in [1.82, 2.24) is 15.0 Å². The van der Waals surface area contributed by atoms with E-state index >= 15 is 0 Å². The summed E-state index contributed by atoms with van der Waals surface area (Å²) in [6.07, 6.45) is 5.38. The number of anilines is 1. The number of carbonyl (C=O) groups is 1. The van der Waals surface area contributed by atoms with Gasteiger partial charge in [0.25, 0.3) is 0 Å². The lowest BCUT2D eigenvalue weighted by atomic mass is 10.0. The van der Waals surface area contributed by atoms with Gasteiger partial charge in [0.05, 0.1) is 16.6 Å². The van der Waals surface area contributed by atoms with E-state index in [2.05, 4.69) is 41.1 Å². The van der Waals surface area contributed by atoms with Crippen LogP contribution in [-0.4, -0.2) is 38.6 Å². The maximum Gasteiger partial charge on any atom is 0.335 e. The van der Waals surface area contributed by atoms with E-state index in [4.69, 9.17) is 9.97 Å². The number of nitrogens with zero attached hydrogens (tertiary/aromatic N) is 3. The number of hydrogen-bond donors (Lipinski definition) is 2. The van der Waals surface area contributed by atoms with E-state index in [-0.39, 0.29) is 5.56 Å². The van der Waals surface area contributed by atoms with Crippen LogP contribution in [0.2, 0.25) is 0 Å². The number of fused-ring (bicyclic) bond motifs is 2. The Labute approximate surface area is 168 Å². The highest BCUT2D eigenvalue weighted by molar-refractivity contribution is 5.94. The molecule has 0 amide bonds. The molecule has 0 radical (unpaired) electrons. The Balaban J connectivity index is 1.74.